The third-order valence-corrected chi connectivity index (χ3v) is 5.65. The molecule has 2 aromatic carbocycles. The number of rotatable bonds is 7. The number of hydrogen-bond donors (Lipinski definition) is 2. The van der Waals surface area contributed by atoms with E-state index in [-0.39, 0.29) is 18.4 Å². The van der Waals surface area contributed by atoms with Gasteiger partial charge in [-0.25, -0.2) is 9.78 Å². The van der Waals surface area contributed by atoms with Crippen LogP contribution in [0.1, 0.15) is 30.7 Å². The molecule has 166 valence electrons. The number of carbonyl (C=O) groups is 2. The van der Waals surface area contributed by atoms with Crippen molar-refractivity contribution in [1.29, 1.82) is 0 Å². The summed E-state index contributed by atoms with van der Waals surface area (Å²) in [6.07, 6.45) is 4.37. The first-order valence-corrected chi connectivity index (χ1v) is 11.1. The Kier molecular flexibility index (Phi) is 7.07. The van der Waals surface area contributed by atoms with Crippen LogP contribution < -0.4 is 10.6 Å². The van der Waals surface area contributed by atoms with Gasteiger partial charge in [0.2, 0.25) is 5.91 Å². The van der Waals surface area contributed by atoms with Gasteiger partial charge in [-0.3, -0.25) is 4.79 Å². The first-order chi connectivity index (χ1) is 15.6. The van der Waals surface area contributed by atoms with Gasteiger partial charge >= 0.3 is 6.03 Å². The van der Waals surface area contributed by atoms with E-state index in [9.17, 15) is 9.59 Å². The number of halogens is 1. The monoisotopic (exact) mass is 452 g/mol. The number of nitrogens with zero attached hydrogens (tertiary/aromatic N) is 2. The molecule has 0 saturated carbocycles. The highest BCUT2D eigenvalue weighted by Crippen LogP contribution is 2.28. The summed E-state index contributed by atoms with van der Waals surface area (Å²) in [6.45, 7) is 1.97. The van der Waals surface area contributed by atoms with Crippen LogP contribution in [-0.4, -0.2) is 34.9 Å². The van der Waals surface area contributed by atoms with Crippen molar-refractivity contribution >= 4 is 29.2 Å². The molecule has 1 saturated heterocycles. The Morgan fingerprint density at radius 2 is 1.91 bits per heavy atom. The summed E-state index contributed by atoms with van der Waals surface area (Å²) in [6, 6.07) is 14.8. The van der Waals surface area contributed by atoms with Crippen molar-refractivity contribution in [2.75, 3.05) is 18.4 Å². The molecule has 1 aromatic heterocycles. The van der Waals surface area contributed by atoms with E-state index in [0.29, 0.717) is 29.6 Å². The molecule has 1 fully saturated rings. The third kappa shape index (κ3) is 5.68. The van der Waals surface area contributed by atoms with Gasteiger partial charge < -0.3 is 20.0 Å². The number of hydrogen-bond acceptors (Lipinski definition) is 4. The topological polar surface area (TPSA) is 87.5 Å². The van der Waals surface area contributed by atoms with Crippen LogP contribution >= 0.6 is 11.6 Å². The number of oxazole rings is 1. The van der Waals surface area contributed by atoms with Gasteiger partial charge in [-0.2, -0.15) is 0 Å². The van der Waals surface area contributed by atoms with Crippen LogP contribution in [0.5, 0.6) is 0 Å². The second-order valence-corrected chi connectivity index (χ2v) is 8.11. The summed E-state index contributed by atoms with van der Waals surface area (Å²) in [5, 5.41) is 6.41. The zero-order valence-electron chi connectivity index (χ0n) is 17.6. The Balaban J connectivity index is 1.25. The van der Waals surface area contributed by atoms with Gasteiger partial charge in [0.15, 0.2) is 11.7 Å². The van der Waals surface area contributed by atoms with Crippen LogP contribution in [0.3, 0.4) is 0 Å². The fourth-order valence-electron chi connectivity index (χ4n) is 3.60. The van der Waals surface area contributed by atoms with Crippen molar-refractivity contribution in [2.24, 2.45) is 0 Å². The quantitative estimate of drug-likeness (QED) is 0.535. The maximum Gasteiger partial charge on any atom is 0.321 e. The van der Waals surface area contributed by atoms with E-state index in [1.54, 1.807) is 12.3 Å². The maximum absolute atomic E-state index is 12.3. The molecule has 0 atom stereocenters. The lowest BCUT2D eigenvalue weighted by Gasteiger charge is -2.16. The Bertz CT molecular complexity index is 1090. The van der Waals surface area contributed by atoms with Crippen molar-refractivity contribution in [3.63, 3.8) is 0 Å². The molecule has 2 heterocycles. The highest BCUT2D eigenvalue weighted by atomic mass is 35.5. The average molecular weight is 453 g/mol. The fraction of sp³-hybridized carbons (Fsp3) is 0.292. The highest BCUT2D eigenvalue weighted by molar-refractivity contribution is 6.33. The van der Waals surface area contributed by atoms with E-state index in [0.717, 1.165) is 42.7 Å². The highest BCUT2D eigenvalue weighted by Gasteiger charge is 2.17. The predicted octanol–water partition coefficient (Wildman–Crippen LogP) is 4.87. The Morgan fingerprint density at radius 3 is 2.72 bits per heavy atom. The minimum Gasteiger partial charge on any atom is -0.441 e. The standard InChI is InChI=1S/C24H25ClN4O3/c25-20-9-2-1-8-19(20)21-16-27-23(32-21)11-10-22(30)26-15-17-6-5-7-18(14-17)28-24(31)29-12-3-4-13-29/h1-2,5-9,14,16H,3-4,10-13,15H2,(H,26,30)(H,28,31). The molecule has 0 spiro atoms. The minimum atomic E-state index is -0.103. The van der Waals surface area contributed by atoms with Crippen molar-refractivity contribution in [2.45, 2.75) is 32.2 Å². The molecule has 1 aliphatic rings. The van der Waals surface area contributed by atoms with E-state index in [4.69, 9.17) is 16.0 Å². The van der Waals surface area contributed by atoms with E-state index in [1.165, 1.54) is 0 Å². The van der Waals surface area contributed by atoms with E-state index >= 15 is 0 Å². The largest absolute Gasteiger partial charge is 0.441 e. The Labute approximate surface area is 191 Å². The molecule has 8 heteroatoms. The normalized spacial score (nSPS) is 13.2. The van der Waals surface area contributed by atoms with Crippen molar-refractivity contribution in [1.82, 2.24) is 15.2 Å². The fourth-order valence-corrected chi connectivity index (χ4v) is 3.83. The summed E-state index contributed by atoms with van der Waals surface area (Å²) in [5.74, 6) is 0.967. The van der Waals surface area contributed by atoms with Gasteiger partial charge in [-0.15, -0.1) is 0 Å². The van der Waals surface area contributed by atoms with Gasteiger partial charge in [-0.1, -0.05) is 35.9 Å². The van der Waals surface area contributed by atoms with Crippen LogP contribution in [0, 0.1) is 0 Å². The lowest BCUT2D eigenvalue weighted by atomic mass is 10.2. The molecule has 1 aliphatic heterocycles. The molecule has 4 rings (SSSR count). The molecule has 3 aromatic rings. The number of nitrogens with one attached hydrogen (secondary N) is 2. The van der Waals surface area contributed by atoms with Crippen molar-refractivity contribution < 1.29 is 14.0 Å². The number of anilines is 1. The molecule has 7 nitrogen and oxygen atoms in total. The zero-order valence-corrected chi connectivity index (χ0v) is 18.4. The maximum atomic E-state index is 12.3. The number of urea groups is 1. The number of aromatic nitrogens is 1. The molecular weight excluding hydrogens is 428 g/mol. The van der Waals surface area contributed by atoms with Gasteiger partial charge in [0.1, 0.15) is 0 Å². The third-order valence-electron chi connectivity index (χ3n) is 5.32. The molecule has 32 heavy (non-hydrogen) atoms. The number of carbonyl (C=O) groups excluding carboxylic acids is 2. The summed E-state index contributed by atoms with van der Waals surface area (Å²) in [5.41, 5.74) is 2.41. The van der Waals surface area contributed by atoms with Crippen molar-refractivity contribution in [3.05, 3.63) is 71.2 Å². The molecule has 0 bridgehead atoms. The van der Waals surface area contributed by atoms with Crippen molar-refractivity contribution in [3.8, 4) is 11.3 Å². The SMILES string of the molecule is O=C(CCc1ncc(-c2ccccc2Cl)o1)NCc1cccc(NC(=O)N2CCCC2)c1. The predicted molar refractivity (Wildman–Crippen MR) is 123 cm³/mol. The summed E-state index contributed by atoms with van der Waals surface area (Å²) < 4.78 is 5.74. The molecule has 0 radical (unpaired) electrons. The first-order valence-electron chi connectivity index (χ1n) is 10.7. The second-order valence-electron chi connectivity index (χ2n) is 7.70. The van der Waals surface area contributed by atoms with Gasteiger partial charge in [0.25, 0.3) is 0 Å². The van der Waals surface area contributed by atoms with Crippen LogP contribution in [-0.2, 0) is 17.8 Å². The Hall–Kier alpha value is -3.32. The van der Waals surface area contributed by atoms with Crippen LogP contribution in [0.2, 0.25) is 5.02 Å². The lowest BCUT2D eigenvalue weighted by molar-refractivity contribution is -0.121. The Morgan fingerprint density at radius 1 is 1.09 bits per heavy atom. The number of amides is 3. The number of benzene rings is 2. The van der Waals surface area contributed by atoms with Crippen LogP contribution in [0.4, 0.5) is 10.5 Å². The zero-order chi connectivity index (χ0) is 22.3. The first kappa shape index (κ1) is 21.9. The minimum absolute atomic E-state index is 0.0780. The molecule has 0 unspecified atom stereocenters. The van der Waals surface area contributed by atoms with Crippen LogP contribution in [0.15, 0.2) is 59.1 Å². The second kappa shape index (κ2) is 10.3. The van der Waals surface area contributed by atoms with Gasteiger partial charge in [-0.05, 0) is 42.7 Å². The number of aryl methyl sites for hydroxylation is 1. The summed E-state index contributed by atoms with van der Waals surface area (Å²) in [7, 11) is 0. The molecule has 3 amide bonds. The average Bonchev–Trinajstić information content (AvgIpc) is 3.49. The molecule has 0 aliphatic carbocycles. The molecule has 2 N–H and O–H groups in total. The van der Waals surface area contributed by atoms with Crippen LogP contribution in [0.25, 0.3) is 11.3 Å². The molecular formula is C24H25ClN4O3. The number of likely N-dealkylation sites (tertiary alicyclic amines) is 1. The van der Waals surface area contributed by atoms with Gasteiger partial charge in [0.05, 0.1) is 11.2 Å². The summed E-state index contributed by atoms with van der Waals surface area (Å²) >= 11 is 6.19. The van der Waals surface area contributed by atoms with Gasteiger partial charge in [0, 0.05) is 43.7 Å². The summed E-state index contributed by atoms with van der Waals surface area (Å²) in [4.78, 5) is 30.6. The van der Waals surface area contributed by atoms with E-state index in [2.05, 4.69) is 15.6 Å². The van der Waals surface area contributed by atoms with E-state index in [1.807, 2.05) is 47.4 Å². The lowest BCUT2D eigenvalue weighted by Crippen LogP contribution is -2.32. The van der Waals surface area contributed by atoms with E-state index < -0.39 is 0 Å². The smallest absolute Gasteiger partial charge is 0.321 e.